The highest BCUT2D eigenvalue weighted by Gasteiger charge is 2.23. The van der Waals surface area contributed by atoms with E-state index in [-0.39, 0.29) is 0 Å². The van der Waals surface area contributed by atoms with Crippen molar-refractivity contribution >= 4 is 5.69 Å². The highest BCUT2D eigenvalue weighted by molar-refractivity contribution is 5.63. The molecular formula is C16H23N2O. The lowest BCUT2D eigenvalue weighted by Crippen LogP contribution is -2.46. The Labute approximate surface area is 116 Å². The van der Waals surface area contributed by atoms with Gasteiger partial charge in [0.25, 0.3) is 0 Å². The predicted octanol–water partition coefficient (Wildman–Crippen LogP) is 2.36. The van der Waals surface area contributed by atoms with Crippen molar-refractivity contribution in [3.05, 3.63) is 30.7 Å². The number of piperazine rings is 1. The third-order valence-electron chi connectivity index (χ3n) is 4.13. The van der Waals surface area contributed by atoms with E-state index in [1.54, 1.807) is 0 Å². The Morgan fingerprint density at radius 3 is 2.79 bits per heavy atom. The van der Waals surface area contributed by atoms with Crippen molar-refractivity contribution in [2.45, 2.75) is 19.3 Å². The molecule has 0 saturated carbocycles. The summed E-state index contributed by atoms with van der Waals surface area (Å²) in [7, 11) is 0. The molecule has 0 amide bonds. The average Bonchev–Trinajstić information content (AvgIpc) is 2.94. The fourth-order valence-electron chi connectivity index (χ4n) is 2.99. The van der Waals surface area contributed by atoms with Gasteiger partial charge < -0.3 is 9.64 Å². The molecule has 1 saturated heterocycles. The van der Waals surface area contributed by atoms with Crippen LogP contribution in [0, 0.1) is 6.92 Å². The quantitative estimate of drug-likeness (QED) is 0.825. The van der Waals surface area contributed by atoms with Gasteiger partial charge in [-0.05, 0) is 24.6 Å². The standard InChI is InChI=1S/C16H23N2O/c1-2-3-8-17-9-11-18(12-10-17)15-6-4-5-14-7-13-19-16(14)15/h4-6H,1-3,7-13H2. The van der Waals surface area contributed by atoms with E-state index >= 15 is 0 Å². The average molecular weight is 259 g/mol. The summed E-state index contributed by atoms with van der Waals surface area (Å²) in [6, 6.07) is 6.56. The lowest BCUT2D eigenvalue weighted by Gasteiger charge is -2.36. The topological polar surface area (TPSA) is 15.7 Å². The van der Waals surface area contributed by atoms with E-state index in [1.165, 1.54) is 24.2 Å². The van der Waals surface area contributed by atoms with Gasteiger partial charge in [0.15, 0.2) is 0 Å². The first kappa shape index (κ1) is 12.8. The second-order valence-corrected chi connectivity index (χ2v) is 5.40. The smallest absolute Gasteiger partial charge is 0.145 e. The molecule has 1 aromatic carbocycles. The first-order valence-electron chi connectivity index (χ1n) is 7.40. The molecule has 0 aliphatic carbocycles. The number of benzene rings is 1. The molecule has 0 atom stereocenters. The van der Waals surface area contributed by atoms with E-state index in [9.17, 15) is 0 Å². The number of unbranched alkanes of at least 4 members (excludes halogenated alkanes) is 1. The Morgan fingerprint density at radius 1 is 1.16 bits per heavy atom. The number of hydrogen-bond donors (Lipinski definition) is 0. The number of fused-ring (bicyclic) bond motifs is 1. The molecular weight excluding hydrogens is 236 g/mol. The second kappa shape index (κ2) is 5.83. The summed E-state index contributed by atoms with van der Waals surface area (Å²) in [4.78, 5) is 5.02. The lowest BCUT2D eigenvalue weighted by atomic mass is 10.1. The molecule has 3 heteroatoms. The molecule has 3 nitrogen and oxygen atoms in total. The molecule has 3 rings (SSSR count). The zero-order valence-corrected chi connectivity index (χ0v) is 11.6. The van der Waals surface area contributed by atoms with Crippen molar-refractivity contribution in [3.63, 3.8) is 0 Å². The van der Waals surface area contributed by atoms with Crippen LogP contribution in [0.2, 0.25) is 0 Å². The van der Waals surface area contributed by atoms with Crippen LogP contribution in [0.15, 0.2) is 18.2 Å². The second-order valence-electron chi connectivity index (χ2n) is 5.40. The van der Waals surface area contributed by atoms with Crippen LogP contribution >= 0.6 is 0 Å². The fraction of sp³-hybridized carbons (Fsp3) is 0.562. The van der Waals surface area contributed by atoms with Crippen LogP contribution in [0.4, 0.5) is 5.69 Å². The van der Waals surface area contributed by atoms with Crippen LogP contribution in [0.3, 0.4) is 0 Å². The molecule has 2 aliphatic rings. The largest absolute Gasteiger partial charge is 0.491 e. The van der Waals surface area contributed by atoms with Crippen LogP contribution in [-0.4, -0.2) is 44.2 Å². The van der Waals surface area contributed by atoms with Crippen molar-refractivity contribution in [2.75, 3.05) is 44.2 Å². The first-order valence-corrected chi connectivity index (χ1v) is 7.40. The van der Waals surface area contributed by atoms with Gasteiger partial charge in [-0.3, -0.25) is 4.90 Å². The zero-order chi connectivity index (χ0) is 13.1. The molecule has 2 aliphatic heterocycles. The molecule has 103 valence electrons. The van der Waals surface area contributed by atoms with Crippen molar-refractivity contribution in [1.29, 1.82) is 0 Å². The highest BCUT2D eigenvalue weighted by atomic mass is 16.5. The normalized spacial score (nSPS) is 19.3. The molecule has 0 aromatic heterocycles. The van der Waals surface area contributed by atoms with E-state index in [1.807, 2.05) is 0 Å². The summed E-state index contributed by atoms with van der Waals surface area (Å²) in [5.41, 5.74) is 2.67. The third-order valence-corrected chi connectivity index (χ3v) is 4.13. The van der Waals surface area contributed by atoms with Gasteiger partial charge >= 0.3 is 0 Å². The minimum absolute atomic E-state index is 0.843. The number of nitrogens with zero attached hydrogens (tertiary/aromatic N) is 2. The van der Waals surface area contributed by atoms with Crippen LogP contribution in [0.25, 0.3) is 0 Å². The number of para-hydroxylation sites is 1. The van der Waals surface area contributed by atoms with E-state index in [0.29, 0.717) is 0 Å². The van der Waals surface area contributed by atoms with Crippen molar-refractivity contribution in [2.24, 2.45) is 0 Å². The van der Waals surface area contributed by atoms with Gasteiger partial charge in [0.1, 0.15) is 5.75 Å². The number of rotatable bonds is 4. The van der Waals surface area contributed by atoms with Crippen LogP contribution in [0.1, 0.15) is 18.4 Å². The van der Waals surface area contributed by atoms with E-state index in [0.717, 1.165) is 51.4 Å². The number of anilines is 1. The van der Waals surface area contributed by atoms with Gasteiger partial charge in [0.2, 0.25) is 0 Å². The summed E-state index contributed by atoms with van der Waals surface area (Å²) in [6.45, 7) is 10.5. The summed E-state index contributed by atoms with van der Waals surface area (Å²) in [5.74, 6) is 1.13. The van der Waals surface area contributed by atoms with Crippen LogP contribution in [-0.2, 0) is 6.42 Å². The summed E-state index contributed by atoms with van der Waals surface area (Å²) >= 11 is 0. The van der Waals surface area contributed by atoms with Crippen molar-refractivity contribution < 1.29 is 4.74 Å². The van der Waals surface area contributed by atoms with Gasteiger partial charge in [-0.15, -0.1) is 0 Å². The predicted molar refractivity (Wildman–Crippen MR) is 78.9 cm³/mol. The molecule has 19 heavy (non-hydrogen) atoms. The zero-order valence-electron chi connectivity index (χ0n) is 11.6. The summed E-state index contributed by atoms with van der Waals surface area (Å²) in [5, 5.41) is 0. The molecule has 0 bridgehead atoms. The Kier molecular flexibility index (Phi) is 3.92. The van der Waals surface area contributed by atoms with Gasteiger partial charge in [0, 0.05) is 32.6 Å². The van der Waals surface area contributed by atoms with E-state index in [4.69, 9.17) is 4.74 Å². The third kappa shape index (κ3) is 2.71. The Bertz CT molecular complexity index is 425. The van der Waals surface area contributed by atoms with Crippen molar-refractivity contribution in [3.8, 4) is 5.75 Å². The molecule has 1 radical (unpaired) electrons. The minimum Gasteiger partial charge on any atom is -0.491 e. The minimum atomic E-state index is 0.843. The molecule has 0 unspecified atom stereocenters. The Hall–Kier alpha value is -1.22. The monoisotopic (exact) mass is 259 g/mol. The fourth-order valence-corrected chi connectivity index (χ4v) is 2.99. The first-order chi connectivity index (χ1) is 9.38. The SMILES string of the molecule is [CH2]CCCN1CCN(c2cccc3c2OCC3)CC1. The van der Waals surface area contributed by atoms with E-state index in [2.05, 4.69) is 34.9 Å². The van der Waals surface area contributed by atoms with Gasteiger partial charge in [-0.25, -0.2) is 0 Å². The lowest BCUT2D eigenvalue weighted by molar-refractivity contribution is 0.254. The highest BCUT2D eigenvalue weighted by Crippen LogP contribution is 2.36. The Balaban J connectivity index is 1.64. The van der Waals surface area contributed by atoms with Gasteiger partial charge in [0.05, 0.1) is 12.3 Å². The summed E-state index contributed by atoms with van der Waals surface area (Å²) in [6.07, 6.45) is 3.32. The number of ether oxygens (including phenoxy) is 1. The molecule has 0 spiro atoms. The van der Waals surface area contributed by atoms with Gasteiger partial charge in [-0.1, -0.05) is 25.5 Å². The van der Waals surface area contributed by atoms with Crippen molar-refractivity contribution in [1.82, 2.24) is 4.90 Å². The molecule has 1 aromatic rings. The Morgan fingerprint density at radius 2 is 2.00 bits per heavy atom. The maximum absolute atomic E-state index is 5.81. The summed E-state index contributed by atoms with van der Waals surface area (Å²) < 4.78 is 5.81. The number of hydrogen-bond acceptors (Lipinski definition) is 3. The maximum atomic E-state index is 5.81. The maximum Gasteiger partial charge on any atom is 0.145 e. The molecule has 2 heterocycles. The van der Waals surface area contributed by atoms with Gasteiger partial charge in [-0.2, -0.15) is 0 Å². The molecule has 0 N–H and O–H groups in total. The van der Waals surface area contributed by atoms with Crippen LogP contribution < -0.4 is 9.64 Å². The molecule has 1 fully saturated rings. The van der Waals surface area contributed by atoms with E-state index < -0.39 is 0 Å². The van der Waals surface area contributed by atoms with Crippen LogP contribution in [0.5, 0.6) is 5.75 Å².